The van der Waals surface area contributed by atoms with Crippen molar-refractivity contribution >= 4 is 38.6 Å². The second-order valence-corrected chi connectivity index (χ2v) is 7.38. The van der Waals surface area contributed by atoms with Gasteiger partial charge in [0.2, 0.25) is 5.91 Å². The van der Waals surface area contributed by atoms with E-state index in [9.17, 15) is 9.59 Å². The molecule has 0 bridgehead atoms. The maximum absolute atomic E-state index is 12.9. The Morgan fingerprint density at radius 2 is 1.80 bits per heavy atom. The van der Waals surface area contributed by atoms with E-state index in [2.05, 4.69) is 9.97 Å². The molecule has 0 atom stereocenters. The van der Waals surface area contributed by atoms with Crippen molar-refractivity contribution in [3.8, 4) is 0 Å². The molecule has 6 heteroatoms. The van der Waals surface area contributed by atoms with Gasteiger partial charge in [-0.25, -0.2) is 4.98 Å². The number of amides is 1. The molecule has 1 amide bonds. The molecule has 1 N–H and O–H groups in total. The van der Waals surface area contributed by atoms with Gasteiger partial charge in [-0.15, -0.1) is 0 Å². The molecule has 0 aliphatic heterocycles. The van der Waals surface area contributed by atoms with Gasteiger partial charge in [-0.2, -0.15) is 0 Å². The van der Waals surface area contributed by atoms with Crippen LogP contribution in [0.15, 0.2) is 76.1 Å². The molecule has 0 aliphatic carbocycles. The van der Waals surface area contributed by atoms with Crippen LogP contribution in [0.4, 0.5) is 0 Å². The fourth-order valence-corrected chi connectivity index (χ4v) is 3.83. The first-order valence-corrected chi connectivity index (χ1v) is 9.70. The van der Waals surface area contributed by atoms with E-state index < -0.39 is 0 Å². The Balaban J connectivity index is 1.42. The molecule has 3 aromatic carbocycles. The Kier molecular flexibility index (Phi) is 4.32. The van der Waals surface area contributed by atoms with Crippen molar-refractivity contribution in [3.05, 3.63) is 88.7 Å². The molecule has 0 aliphatic rings. The second-order valence-electron chi connectivity index (χ2n) is 7.38. The summed E-state index contributed by atoms with van der Waals surface area (Å²) < 4.78 is 5.69. The number of benzene rings is 3. The summed E-state index contributed by atoms with van der Waals surface area (Å²) in [6.07, 6.45) is 1.86. The molecule has 0 saturated carbocycles. The minimum Gasteiger partial charge on any atom is -0.464 e. The lowest BCUT2D eigenvalue weighted by atomic mass is 10.0. The number of carbonyl (C=O) groups excluding carboxylic acids is 1. The van der Waals surface area contributed by atoms with E-state index in [1.54, 1.807) is 36.4 Å². The minimum absolute atomic E-state index is 0.0820. The van der Waals surface area contributed by atoms with E-state index in [4.69, 9.17) is 4.42 Å². The molecular weight excluding hydrogens is 378 g/mol. The maximum atomic E-state index is 12.9. The molecule has 6 nitrogen and oxygen atoms in total. The predicted octanol–water partition coefficient (Wildman–Crippen LogP) is 4.02. The molecule has 148 valence electrons. The number of fused-ring (bicyclic) bond motifs is 4. The number of hydrogen-bond acceptors (Lipinski definition) is 4. The zero-order valence-corrected chi connectivity index (χ0v) is 16.4. The first-order valence-electron chi connectivity index (χ1n) is 9.70. The Morgan fingerprint density at radius 3 is 2.67 bits per heavy atom. The van der Waals surface area contributed by atoms with Gasteiger partial charge in [-0.1, -0.05) is 42.5 Å². The molecule has 30 heavy (non-hydrogen) atoms. The van der Waals surface area contributed by atoms with Crippen LogP contribution in [0.3, 0.4) is 0 Å². The van der Waals surface area contributed by atoms with Crippen LogP contribution in [0.25, 0.3) is 32.6 Å². The summed E-state index contributed by atoms with van der Waals surface area (Å²) in [5.74, 6) is 0.374. The summed E-state index contributed by atoms with van der Waals surface area (Å²) in [5, 5.41) is 3.67. The quantitative estimate of drug-likeness (QED) is 0.497. The van der Waals surface area contributed by atoms with Crippen molar-refractivity contribution < 1.29 is 9.21 Å². The zero-order chi connectivity index (χ0) is 20.7. The van der Waals surface area contributed by atoms with Crippen molar-refractivity contribution in [1.29, 1.82) is 0 Å². The first kappa shape index (κ1) is 18.1. The maximum Gasteiger partial charge on any atom is 0.258 e. The summed E-state index contributed by atoms with van der Waals surface area (Å²) in [6.45, 7) is 0.218. The SMILES string of the molecule is CN(Cc1nc2ccccc2c(=O)[nH]1)C(=O)Cc1coc2ccc3ccccc3c12. The number of aromatic amines is 1. The predicted molar refractivity (Wildman–Crippen MR) is 116 cm³/mol. The average Bonchev–Trinajstić information content (AvgIpc) is 3.17. The minimum atomic E-state index is -0.205. The number of H-pyrrole nitrogens is 1. The van der Waals surface area contributed by atoms with Gasteiger partial charge in [0.25, 0.3) is 5.56 Å². The third-order valence-electron chi connectivity index (χ3n) is 5.36. The van der Waals surface area contributed by atoms with Crippen LogP contribution in [0.2, 0.25) is 0 Å². The lowest BCUT2D eigenvalue weighted by Gasteiger charge is -2.16. The third kappa shape index (κ3) is 3.12. The van der Waals surface area contributed by atoms with Crippen LogP contribution in [-0.2, 0) is 17.8 Å². The molecule has 0 saturated heterocycles. The topological polar surface area (TPSA) is 79.2 Å². The molecule has 5 rings (SSSR count). The number of nitrogens with one attached hydrogen (secondary N) is 1. The number of nitrogens with zero attached hydrogens (tertiary/aromatic N) is 2. The molecule has 2 heterocycles. The molecule has 0 fully saturated rings. The van der Waals surface area contributed by atoms with Crippen LogP contribution in [0.5, 0.6) is 0 Å². The smallest absolute Gasteiger partial charge is 0.258 e. The summed E-state index contributed by atoms with van der Waals surface area (Å²) in [6, 6.07) is 19.1. The lowest BCUT2D eigenvalue weighted by Crippen LogP contribution is -2.29. The summed E-state index contributed by atoms with van der Waals surface area (Å²) in [7, 11) is 1.71. The highest BCUT2D eigenvalue weighted by atomic mass is 16.3. The lowest BCUT2D eigenvalue weighted by molar-refractivity contribution is -0.129. The summed E-state index contributed by atoms with van der Waals surface area (Å²) in [5.41, 5.74) is 2.02. The van der Waals surface area contributed by atoms with E-state index in [1.807, 2.05) is 42.5 Å². The molecule has 0 radical (unpaired) electrons. The van der Waals surface area contributed by atoms with Crippen LogP contribution < -0.4 is 5.56 Å². The first-order chi connectivity index (χ1) is 14.6. The standard InChI is InChI=1S/C24H19N3O3/c1-27(13-21-25-19-9-5-4-8-18(19)24(29)26-21)22(28)12-16-14-30-20-11-10-15-6-2-3-7-17(15)23(16)20/h2-11,14H,12-13H2,1H3,(H,25,26,29). The van der Waals surface area contributed by atoms with E-state index in [0.29, 0.717) is 16.7 Å². The second kappa shape index (κ2) is 7.15. The largest absolute Gasteiger partial charge is 0.464 e. The molecule has 0 spiro atoms. The number of hydrogen-bond donors (Lipinski definition) is 1. The number of likely N-dealkylation sites (N-methyl/N-ethyl adjacent to an activating group) is 1. The van der Waals surface area contributed by atoms with Gasteiger partial charge in [0, 0.05) is 18.0 Å². The Bertz CT molecular complexity index is 1470. The van der Waals surface area contributed by atoms with Gasteiger partial charge in [0.1, 0.15) is 11.4 Å². The van der Waals surface area contributed by atoms with E-state index in [1.165, 1.54) is 0 Å². The highest BCUT2D eigenvalue weighted by Gasteiger charge is 2.17. The molecule has 0 unspecified atom stereocenters. The number of rotatable bonds is 4. The van der Waals surface area contributed by atoms with Gasteiger partial charge in [0.05, 0.1) is 30.1 Å². The number of para-hydroxylation sites is 1. The van der Waals surface area contributed by atoms with Crippen LogP contribution >= 0.6 is 0 Å². The van der Waals surface area contributed by atoms with Gasteiger partial charge in [-0.05, 0) is 29.0 Å². The normalized spacial score (nSPS) is 11.4. The van der Waals surface area contributed by atoms with E-state index in [0.717, 1.165) is 27.3 Å². The molecule has 2 aromatic heterocycles. The third-order valence-corrected chi connectivity index (χ3v) is 5.36. The highest BCUT2D eigenvalue weighted by Crippen LogP contribution is 2.30. The van der Waals surface area contributed by atoms with Crippen molar-refractivity contribution in [2.75, 3.05) is 7.05 Å². The Labute approximate surface area is 171 Å². The van der Waals surface area contributed by atoms with Gasteiger partial charge in [0.15, 0.2) is 0 Å². The van der Waals surface area contributed by atoms with Crippen molar-refractivity contribution in [2.24, 2.45) is 0 Å². The Hall–Kier alpha value is -3.93. The molecule has 5 aromatic rings. The van der Waals surface area contributed by atoms with Crippen LogP contribution in [0, 0.1) is 0 Å². The van der Waals surface area contributed by atoms with Crippen LogP contribution in [0.1, 0.15) is 11.4 Å². The Morgan fingerprint density at radius 1 is 1.03 bits per heavy atom. The summed E-state index contributed by atoms with van der Waals surface area (Å²) >= 11 is 0. The average molecular weight is 397 g/mol. The fraction of sp³-hybridized carbons (Fsp3) is 0.125. The zero-order valence-electron chi connectivity index (χ0n) is 16.4. The van der Waals surface area contributed by atoms with Crippen molar-refractivity contribution in [2.45, 2.75) is 13.0 Å². The van der Waals surface area contributed by atoms with Gasteiger partial charge >= 0.3 is 0 Å². The monoisotopic (exact) mass is 397 g/mol. The highest BCUT2D eigenvalue weighted by molar-refractivity contribution is 6.08. The van der Waals surface area contributed by atoms with E-state index in [-0.39, 0.29) is 24.4 Å². The number of carbonyl (C=O) groups is 1. The van der Waals surface area contributed by atoms with Gasteiger partial charge < -0.3 is 14.3 Å². The van der Waals surface area contributed by atoms with Crippen molar-refractivity contribution in [3.63, 3.8) is 0 Å². The fourth-order valence-electron chi connectivity index (χ4n) is 3.83. The number of aromatic nitrogens is 2. The van der Waals surface area contributed by atoms with Crippen LogP contribution in [-0.4, -0.2) is 27.8 Å². The van der Waals surface area contributed by atoms with Gasteiger partial charge in [-0.3, -0.25) is 9.59 Å². The number of furan rings is 1. The van der Waals surface area contributed by atoms with Crippen molar-refractivity contribution in [1.82, 2.24) is 14.9 Å². The summed E-state index contributed by atoms with van der Waals surface area (Å²) in [4.78, 5) is 34.0. The molecular formula is C24H19N3O3. The van der Waals surface area contributed by atoms with E-state index >= 15 is 0 Å².